The Kier molecular flexibility index (Phi) is 5.81. The first-order chi connectivity index (χ1) is 14.1. The van der Waals surface area contributed by atoms with Gasteiger partial charge in [0.2, 0.25) is 0 Å². The minimum Gasteiger partial charge on any atom is -0.377 e. The third-order valence-corrected chi connectivity index (χ3v) is 5.62. The molecule has 6 nitrogen and oxygen atoms in total. The molecule has 2 amide bonds. The first-order valence-corrected chi connectivity index (χ1v) is 10.3. The molecule has 2 aromatic carbocycles. The second kappa shape index (κ2) is 8.66. The Morgan fingerprint density at radius 2 is 1.59 bits per heavy atom. The molecule has 29 heavy (non-hydrogen) atoms. The van der Waals surface area contributed by atoms with Gasteiger partial charge in [0, 0.05) is 42.1 Å². The summed E-state index contributed by atoms with van der Waals surface area (Å²) < 4.78 is 5.40. The summed E-state index contributed by atoms with van der Waals surface area (Å²) in [5, 5.41) is 2.90. The van der Waals surface area contributed by atoms with Crippen molar-refractivity contribution in [3.8, 4) is 0 Å². The highest BCUT2D eigenvalue weighted by Crippen LogP contribution is 2.21. The van der Waals surface area contributed by atoms with Gasteiger partial charge in [0.05, 0.1) is 19.3 Å². The molecular weight excluding hydrogens is 366 g/mol. The van der Waals surface area contributed by atoms with E-state index in [1.54, 1.807) is 24.3 Å². The number of anilines is 2. The molecule has 2 fully saturated rings. The van der Waals surface area contributed by atoms with Crippen molar-refractivity contribution in [1.82, 2.24) is 4.90 Å². The summed E-state index contributed by atoms with van der Waals surface area (Å²) in [6, 6.07) is 14.9. The van der Waals surface area contributed by atoms with E-state index in [4.69, 9.17) is 4.74 Å². The van der Waals surface area contributed by atoms with Gasteiger partial charge < -0.3 is 19.9 Å². The monoisotopic (exact) mass is 393 g/mol. The Labute approximate surface area is 171 Å². The van der Waals surface area contributed by atoms with Gasteiger partial charge in [-0.05, 0) is 68.3 Å². The van der Waals surface area contributed by atoms with E-state index in [1.807, 2.05) is 36.1 Å². The van der Waals surface area contributed by atoms with E-state index in [-0.39, 0.29) is 17.9 Å². The molecule has 0 spiro atoms. The van der Waals surface area contributed by atoms with Crippen molar-refractivity contribution in [1.29, 1.82) is 0 Å². The zero-order valence-electron chi connectivity index (χ0n) is 16.8. The molecule has 2 aliphatic heterocycles. The second-order valence-corrected chi connectivity index (χ2v) is 7.69. The second-order valence-electron chi connectivity index (χ2n) is 7.69. The number of nitrogens with one attached hydrogen (secondary N) is 1. The van der Waals surface area contributed by atoms with Gasteiger partial charge in [-0.3, -0.25) is 9.59 Å². The van der Waals surface area contributed by atoms with Crippen LogP contribution < -0.4 is 10.2 Å². The summed E-state index contributed by atoms with van der Waals surface area (Å²) in [5.41, 5.74) is 3.08. The number of carbonyl (C=O) groups is 2. The van der Waals surface area contributed by atoms with Gasteiger partial charge in [-0.1, -0.05) is 0 Å². The van der Waals surface area contributed by atoms with Crippen LogP contribution in [0.25, 0.3) is 0 Å². The quantitative estimate of drug-likeness (QED) is 0.865. The summed E-state index contributed by atoms with van der Waals surface area (Å²) in [6.45, 7) is 5.89. The van der Waals surface area contributed by atoms with Crippen LogP contribution in [0.15, 0.2) is 48.5 Å². The maximum absolute atomic E-state index is 12.7. The van der Waals surface area contributed by atoms with Crippen LogP contribution in [-0.4, -0.2) is 55.6 Å². The van der Waals surface area contributed by atoms with Gasteiger partial charge in [0.15, 0.2) is 0 Å². The van der Waals surface area contributed by atoms with Crippen LogP contribution >= 0.6 is 0 Å². The van der Waals surface area contributed by atoms with Crippen molar-refractivity contribution in [2.24, 2.45) is 0 Å². The van der Waals surface area contributed by atoms with Crippen molar-refractivity contribution >= 4 is 23.2 Å². The predicted octanol–water partition coefficient (Wildman–Crippen LogP) is 3.40. The number of nitrogens with zero attached hydrogens (tertiary/aromatic N) is 2. The number of hydrogen-bond acceptors (Lipinski definition) is 4. The molecule has 6 heteroatoms. The maximum Gasteiger partial charge on any atom is 0.255 e. The Balaban J connectivity index is 1.38. The van der Waals surface area contributed by atoms with E-state index < -0.39 is 0 Å². The zero-order chi connectivity index (χ0) is 20.2. The van der Waals surface area contributed by atoms with Gasteiger partial charge in [-0.15, -0.1) is 0 Å². The van der Waals surface area contributed by atoms with E-state index in [0.29, 0.717) is 36.6 Å². The summed E-state index contributed by atoms with van der Waals surface area (Å²) >= 11 is 0. The summed E-state index contributed by atoms with van der Waals surface area (Å²) in [5.74, 6) is -0.157. The lowest BCUT2D eigenvalue weighted by atomic mass is 10.1. The first-order valence-electron chi connectivity index (χ1n) is 10.3. The minimum atomic E-state index is -0.154. The third-order valence-electron chi connectivity index (χ3n) is 5.62. The molecule has 4 rings (SSSR count). The molecule has 0 radical (unpaired) electrons. The lowest BCUT2D eigenvalue weighted by Gasteiger charge is -2.33. The van der Waals surface area contributed by atoms with Crippen LogP contribution in [0.2, 0.25) is 0 Å². The number of benzene rings is 2. The lowest BCUT2D eigenvalue weighted by molar-refractivity contribution is 0.00359. The maximum atomic E-state index is 12.7. The molecule has 1 unspecified atom stereocenters. The molecule has 1 atom stereocenters. The molecular formula is C23H27N3O3. The van der Waals surface area contributed by atoms with Crippen LogP contribution in [0.4, 0.5) is 11.4 Å². The molecule has 152 valence electrons. The van der Waals surface area contributed by atoms with Gasteiger partial charge in [0.1, 0.15) is 0 Å². The highest BCUT2D eigenvalue weighted by molar-refractivity contribution is 6.04. The average molecular weight is 393 g/mol. The lowest BCUT2D eigenvalue weighted by Crippen LogP contribution is -2.47. The standard InChI is InChI=1S/C23H27N3O3/c1-17-16-29-15-14-26(17)23(28)19-4-8-20(9-5-19)24-22(27)18-6-10-21(11-7-18)25-12-2-3-13-25/h4-11,17H,2-3,12-16H2,1H3,(H,24,27). The number of morpholine rings is 1. The largest absolute Gasteiger partial charge is 0.377 e. The predicted molar refractivity (Wildman–Crippen MR) is 114 cm³/mol. The zero-order valence-corrected chi connectivity index (χ0v) is 16.8. The topological polar surface area (TPSA) is 61.9 Å². The fourth-order valence-corrected chi connectivity index (χ4v) is 3.89. The molecule has 0 aliphatic carbocycles. The number of carbonyl (C=O) groups excluding carboxylic acids is 2. The molecule has 2 aliphatic rings. The minimum absolute atomic E-state index is 0.00354. The number of ether oxygens (including phenoxy) is 1. The summed E-state index contributed by atoms with van der Waals surface area (Å²) in [7, 11) is 0. The highest BCUT2D eigenvalue weighted by atomic mass is 16.5. The Morgan fingerprint density at radius 1 is 0.931 bits per heavy atom. The number of amides is 2. The first kappa shape index (κ1) is 19.5. The van der Waals surface area contributed by atoms with E-state index in [1.165, 1.54) is 18.5 Å². The van der Waals surface area contributed by atoms with Crippen LogP contribution in [0.1, 0.15) is 40.5 Å². The van der Waals surface area contributed by atoms with Crippen LogP contribution in [0.3, 0.4) is 0 Å². The fraction of sp³-hybridized carbons (Fsp3) is 0.391. The smallest absolute Gasteiger partial charge is 0.255 e. The molecule has 1 N–H and O–H groups in total. The van der Waals surface area contributed by atoms with E-state index in [2.05, 4.69) is 10.2 Å². The molecule has 2 saturated heterocycles. The number of hydrogen-bond donors (Lipinski definition) is 1. The molecule has 0 aromatic heterocycles. The van der Waals surface area contributed by atoms with Crippen LogP contribution in [0.5, 0.6) is 0 Å². The van der Waals surface area contributed by atoms with E-state index >= 15 is 0 Å². The Bertz CT molecular complexity index is 858. The molecule has 0 bridgehead atoms. The van der Waals surface area contributed by atoms with Crippen molar-refractivity contribution < 1.29 is 14.3 Å². The van der Waals surface area contributed by atoms with Crippen molar-refractivity contribution in [3.05, 3.63) is 59.7 Å². The highest BCUT2D eigenvalue weighted by Gasteiger charge is 2.24. The summed E-state index contributed by atoms with van der Waals surface area (Å²) in [6.07, 6.45) is 2.45. The van der Waals surface area contributed by atoms with Crippen molar-refractivity contribution in [3.63, 3.8) is 0 Å². The van der Waals surface area contributed by atoms with Gasteiger partial charge >= 0.3 is 0 Å². The van der Waals surface area contributed by atoms with Gasteiger partial charge in [-0.25, -0.2) is 0 Å². The van der Waals surface area contributed by atoms with Crippen LogP contribution in [-0.2, 0) is 4.74 Å². The normalized spacial score (nSPS) is 19.3. The fourth-order valence-electron chi connectivity index (χ4n) is 3.89. The summed E-state index contributed by atoms with van der Waals surface area (Å²) in [4.78, 5) is 29.4. The van der Waals surface area contributed by atoms with Gasteiger partial charge in [0.25, 0.3) is 11.8 Å². The number of rotatable bonds is 4. The van der Waals surface area contributed by atoms with Crippen LogP contribution in [0, 0.1) is 0 Å². The van der Waals surface area contributed by atoms with Gasteiger partial charge in [-0.2, -0.15) is 0 Å². The Morgan fingerprint density at radius 3 is 2.24 bits per heavy atom. The average Bonchev–Trinajstić information content (AvgIpc) is 3.29. The van der Waals surface area contributed by atoms with Crippen molar-refractivity contribution in [2.45, 2.75) is 25.8 Å². The molecule has 2 heterocycles. The molecule has 2 aromatic rings. The molecule has 0 saturated carbocycles. The van der Waals surface area contributed by atoms with E-state index in [9.17, 15) is 9.59 Å². The Hall–Kier alpha value is -2.86. The SMILES string of the molecule is CC1COCCN1C(=O)c1ccc(NC(=O)c2ccc(N3CCCC3)cc2)cc1. The van der Waals surface area contributed by atoms with Crippen molar-refractivity contribution in [2.75, 3.05) is 43.1 Å². The third kappa shape index (κ3) is 4.43. The van der Waals surface area contributed by atoms with E-state index in [0.717, 1.165) is 13.1 Å².